The molecule has 30 heavy (non-hydrogen) atoms. The summed E-state index contributed by atoms with van der Waals surface area (Å²) in [6.07, 6.45) is -0.756. The molecule has 0 bridgehead atoms. The summed E-state index contributed by atoms with van der Waals surface area (Å²) in [4.78, 5) is 4.58. The number of nitrogens with zero attached hydrogens (tertiary/aromatic N) is 1. The highest BCUT2D eigenvalue weighted by atomic mass is 127. The fourth-order valence-corrected chi connectivity index (χ4v) is 2.88. The van der Waals surface area contributed by atoms with E-state index in [2.05, 4.69) is 15.6 Å². The van der Waals surface area contributed by atoms with Gasteiger partial charge in [0.1, 0.15) is 11.5 Å². The second-order valence-corrected chi connectivity index (χ2v) is 6.43. The molecule has 2 aromatic rings. The Balaban J connectivity index is 0.00000320. The molecule has 0 saturated carbocycles. The molecule has 0 amide bonds. The number of methoxy groups -OCH3 is 2. The highest BCUT2D eigenvalue weighted by Gasteiger charge is 2.14. The summed E-state index contributed by atoms with van der Waals surface area (Å²) in [7, 11) is 3.16. The smallest absolute Gasteiger partial charge is 0.231 e. The lowest BCUT2D eigenvalue weighted by Crippen LogP contribution is -2.39. The van der Waals surface area contributed by atoms with E-state index in [9.17, 15) is 5.11 Å². The fourth-order valence-electron chi connectivity index (χ4n) is 2.88. The summed E-state index contributed by atoms with van der Waals surface area (Å²) in [5.41, 5.74) is 1.70. The van der Waals surface area contributed by atoms with Crippen LogP contribution in [-0.4, -0.2) is 45.2 Å². The van der Waals surface area contributed by atoms with Crippen LogP contribution in [-0.2, 0) is 6.54 Å². The van der Waals surface area contributed by atoms with Crippen LogP contribution in [0.15, 0.2) is 41.4 Å². The van der Waals surface area contributed by atoms with Crippen molar-refractivity contribution in [1.82, 2.24) is 10.6 Å². The Kier molecular flexibility index (Phi) is 9.31. The number of halogens is 1. The Morgan fingerprint density at radius 3 is 2.43 bits per heavy atom. The number of fused-ring (bicyclic) bond motifs is 1. The van der Waals surface area contributed by atoms with Crippen molar-refractivity contribution in [2.24, 2.45) is 4.99 Å². The van der Waals surface area contributed by atoms with Gasteiger partial charge in [0.25, 0.3) is 0 Å². The Morgan fingerprint density at radius 1 is 1.07 bits per heavy atom. The maximum atomic E-state index is 10.6. The molecule has 0 fully saturated rings. The van der Waals surface area contributed by atoms with Crippen molar-refractivity contribution in [3.05, 3.63) is 47.5 Å². The molecule has 1 heterocycles. The predicted octanol–water partition coefficient (Wildman–Crippen LogP) is 2.84. The normalized spacial score (nSPS) is 13.3. The SMILES string of the molecule is CCNC(=NCc1ccc2c(c1)OCO2)NCC(O)c1cc(OC)cc(OC)c1.I. The molecule has 3 rings (SSSR count). The van der Waals surface area contributed by atoms with E-state index < -0.39 is 6.10 Å². The van der Waals surface area contributed by atoms with E-state index in [1.165, 1.54) is 0 Å². The number of benzene rings is 2. The standard InChI is InChI=1S/C21H27N3O5.HI/c1-4-22-21(23-11-14-5-6-19-20(7-14)29-13-28-19)24-12-18(25)15-8-16(26-2)10-17(9-15)27-3;/h5-10,18,25H,4,11-13H2,1-3H3,(H2,22,23,24);1H. The maximum absolute atomic E-state index is 10.6. The summed E-state index contributed by atoms with van der Waals surface area (Å²) in [6, 6.07) is 11.1. The largest absolute Gasteiger partial charge is 0.497 e. The minimum absolute atomic E-state index is 0. The predicted molar refractivity (Wildman–Crippen MR) is 125 cm³/mol. The Bertz CT molecular complexity index is 840. The molecule has 3 N–H and O–H groups in total. The van der Waals surface area contributed by atoms with Crippen molar-refractivity contribution in [3.8, 4) is 23.0 Å². The number of hydrogen-bond acceptors (Lipinski definition) is 6. The molecular formula is C21H28IN3O5. The van der Waals surface area contributed by atoms with Crippen molar-refractivity contribution < 1.29 is 24.1 Å². The molecule has 1 aliphatic heterocycles. The fraction of sp³-hybridized carbons (Fsp3) is 0.381. The van der Waals surface area contributed by atoms with Crippen LogP contribution in [0.25, 0.3) is 0 Å². The van der Waals surface area contributed by atoms with Crippen LogP contribution in [0.3, 0.4) is 0 Å². The second kappa shape index (κ2) is 11.7. The monoisotopic (exact) mass is 529 g/mol. The van der Waals surface area contributed by atoms with Gasteiger partial charge in [-0.2, -0.15) is 0 Å². The van der Waals surface area contributed by atoms with Gasteiger partial charge in [-0.1, -0.05) is 6.07 Å². The molecule has 8 nitrogen and oxygen atoms in total. The number of aliphatic hydroxyl groups is 1. The highest BCUT2D eigenvalue weighted by molar-refractivity contribution is 14.0. The molecule has 1 unspecified atom stereocenters. The van der Waals surface area contributed by atoms with E-state index >= 15 is 0 Å². The van der Waals surface area contributed by atoms with Gasteiger partial charge >= 0.3 is 0 Å². The van der Waals surface area contributed by atoms with Gasteiger partial charge in [0.05, 0.1) is 26.9 Å². The Labute approximate surface area is 193 Å². The van der Waals surface area contributed by atoms with Gasteiger partial charge in [-0.25, -0.2) is 4.99 Å². The first-order chi connectivity index (χ1) is 14.1. The van der Waals surface area contributed by atoms with Gasteiger partial charge in [-0.15, -0.1) is 24.0 Å². The van der Waals surface area contributed by atoms with Crippen molar-refractivity contribution in [3.63, 3.8) is 0 Å². The Hall–Kier alpha value is -2.40. The van der Waals surface area contributed by atoms with E-state index in [0.29, 0.717) is 36.1 Å². The quantitative estimate of drug-likeness (QED) is 0.275. The lowest BCUT2D eigenvalue weighted by molar-refractivity contribution is 0.174. The van der Waals surface area contributed by atoms with Crippen molar-refractivity contribution in [2.45, 2.75) is 19.6 Å². The number of ether oxygens (including phenoxy) is 4. The first kappa shape index (κ1) is 23.9. The van der Waals surface area contributed by atoms with Gasteiger partial charge in [-0.05, 0) is 42.3 Å². The number of nitrogens with one attached hydrogen (secondary N) is 2. The maximum Gasteiger partial charge on any atom is 0.231 e. The molecular weight excluding hydrogens is 501 g/mol. The third-order valence-electron chi connectivity index (χ3n) is 4.42. The van der Waals surface area contributed by atoms with Crippen molar-refractivity contribution in [2.75, 3.05) is 34.1 Å². The average Bonchev–Trinajstić information content (AvgIpc) is 3.22. The van der Waals surface area contributed by atoms with E-state index in [-0.39, 0.29) is 37.3 Å². The molecule has 1 atom stereocenters. The van der Waals surface area contributed by atoms with Crippen LogP contribution in [0, 0.1) is 0 Å². The first-order valence-corrected chi connectivity index (χ1v) is 9.44. The summed E-state index contributed by atoms with van der Waals surface area (Å²) in [6.45, 7) is 3.69. The summed E-state index contributed by atoms with van der Waals surface area (Å²) >= 11 is 0. The van der Waals surface area contributed by atoms with Crippen LogP contribution < -0.4 is 29.6 Å². The number of aliphatic imine (C=N–C) groups is 1. The van der Waals surface area contributed by atoms with Gasteiger partial charge in [0.2, 0.25) is 6.79 Å². The minimum Gasteiger partial charge on any atom is -0.497 e. The van der Waals surface area contributed by atoms with Crippen LogP contribution in [0.1, 0.15) is 24.2 Å². The molecule has 0 aromatic heterocycles. The van der Waals surface area contributed by atoms with E-state index in [4.69, 9.17) is 18.9 Å². The molecule has 9 heteroatoms. The molecule has 0 aliphatic carbocycles. The lowest BCUT2D eigenvalue weighted by Gasteiger charge is -2.17. The minimum atomic E-state index is -0.756. The van der Waals surface area contributed by atoms with E-state index in [1.54, 1.807) is 32.4 Å². The molecule has 2 aromatic carbocycles. The van der Waals surface area contributed by atoms with Crippen LogP contribution in [0.5, 0.6) is 23.0 Å². The van der Waals surface area contributed by atoms with Crippen molar-refractivity contribution >= 4 is 29.9 Å². The highest BCUT2D eigenvalue weighted by Crippen LogP contribution is 2.32. The third kappa shape index (κ3) is 6.30. The van der Waals surface area contributed by atoms with Gasteiger partial charge in [0.15, 0.2) is 17.5 Å². The van der Waals surface area contributed by atoms with E-state index in [1.807, 2.05) is 25.1 Å². The van der Waals surface area contributed by atoms with Crippen LogP contribution >= 0.6 is 24.0 Å². The zero-order chi connectivity index (χ0) is 20.6. The molecule has 164 valence electrons. The summed E-state index contributed by atoms with van der Waals surface area (Å²) in [5.74, 6) is 3.35. The number of rotatable bonds is 8. The van der Waals surface area contributed by atoms with Crippen LogP contribution in [0.4, 0.5) is 0 Å². The van der Waals surface area contributed by atoms with Gasteiger partial charge in [-0.3, -0.25) is 0 Å². The average molecular weight is 529 g/mol. The number of aliphatic hydroxyl groups excluding tert-OH is 1. The number of guanidine groups is 1. The third-order valence-corrected chi connectivity index (χ3v) is 4.42. The topological polar surface area (TPSA) is 93.6 Å². The molecule has 0 saturated heterocycles. The lowest BCUT2D eigenvalue weighted by atomic mass is 10.1. The van der Waals surface area contributed by atoms with Crippen LogP contribution in [0.2, 0.25) is 0 Å². The summed E-state index contributed by atoms with van der Waals surface area (Å²) < 4.78 is 21.3. The molecule has 0 radical (unpaired) electrons. The number of hydrogen-bond donors (Lipinski definition) is 3. The zero-order valence-electron chi connectivity index (χ0n) is 17.3. The van der Waals surface area contributed by atoms with E-state index in [0.717, 1.165) is 17.1 Å². The van der Waals surface area contributed by atoms with Gasteiger partial charge in [0, 0.05) is 19.2 Å². The second-order valence-electron chi connectivity index (χ2n) is 6.43. The molecule has 0 spiro atoms. The molecule has 1 aliphatic rings. The van der Waals surface area contributed by atoms with Crippen molar-refractivity contribution in [1.29, 1.82) is 0 Å². The zero-order valence-corrected chi connectivity index (χ0v) is 19.6. The first-order valence-electron chi connectivity index (χ1n) is 9.44. The Morgan fingerprint density at radius 2 is 1.77 bits per heavy atom. The summed E-state index contributed by atoms with van der Waals surface area (Å²) in [5, 5.41) is 16.9. The van der Waals surface area contributed by atoms with Gasteiger partial charge < -0.3 is 34.7 Å².